The average molecular weight is 700 g/mol. The highest BCUT2D eigenvalue weighted by Gasteiger charge is 2.46. The Hall–Kier alpha value is -5.13. The number of carbonyl (C=O) groups excluding carboxylic acids is 1. The number of pyridine rings is 1. The van der Waals surface area contributed by atoms with Crippen molar-refractivity contribution in [3.63, 3.8) is 0 Å². The summed E-state index contributed by atoms with van der Waals surface area (Å²) in [4.78, 5) is 47.2. The number of halogens is 8. The van der Waals surface area contributed by atoms with Crippen molar-refractivity contribution in [1.29, 1.82) is 0 Å². The van der Waals surface area contributed by atoms with Crippen molar-refractivity contribution >= 4 is 28.6 Å². The number of hydrogen-bond donors (Lipinski definition) is 2. The van der Waals surface area contributed by atoms with E-state index in [0.717, 1.165) is 29.1 Å². The normalized spacial score (nSPS) is 16.1. The zero-order valence-corrected chi connectivity index (χ0v) is 25.4. The molecule has 2 atom stereocenters. The zero-order chi connectivity index (χ0) is 36.0. The first-order valence-electron chi connectivity index (χ1n) is 14.3. The lowest BCUT2D eigenvalue weighted by Crippen LogP contribution is -2.53. The summed E-state index contributed by atoms with van der Waals surface area (Å²) in [6.07, 6.45) is -8.06. The summed E-state index contributed by atoms with van der Waals surface area (Å²) in [6.45, 7) is 0.00651. The van der Waals surface area contributed by atoms with Crippen LogP contribution in [0.5, 0.6) is 0 Å². The highest BCUT2D eigenvalue weighted by atomic mass is 19.4. The molecule has 49 heavy (non-hydrogen) atoms. The molecule has 2 N–H and O–H groups in total. The van der Waals surface area contributed by atoms with Gasteiger partial charge in [-0.05, 0) is 30.7 Å². The summed E-state index contributed by atoms with van der Waals surface area (Å²) in [5.74, 6) is -6.36. The molecule has 260 valence electrons. The van der Waals surface area contributed by atoms with Gasteiger partial charge in [0.15, 0.2) is 0 Å². The molecule has 0 saturated carbocycles. The largest absolute Gasteiger partial charge is 0.480 e. The number of aryl methyl sites for hydroxylation is 1. The second-order valence-electron chi connectivity index (χ2n) is 11.1. The number of nitrogens with one attached hydrogen (secondary N) is 1. The van der Waals surface area contributed by atoms with Gasteiger partial charge in [-0.3, -0.25) is 19.6 Å². The van der Waals surface area contributed by atoms with Crippen LogP contribution in [0.1, 0.15) is 27.2 Å². The smallest absolute Gasteiger partial charge is 0.417 e. The molecule has 1 amide bonds. The minimum absolute atomic E-state index is 0.0267. The zero-order valence-electron chi connectivity index (χ0n) is 25.4. The Kier molecular flexibility index (Phi) is 9.37. The Labute approximate surface area is 270 Å². The number of rotatable bonds is 7. The fraction of sp³-hybridized carbons (Fsp3) is 0.323. The number of nitrogens with zero attached hydrogens (tertiary/aromatic N) is 4. The van der Waals surface area contributed by atoms with Crippen LogP contribution >= 0.6 is 0 Å². The summed E-state index contributed by atoms with van der Waals surface area (Å²) in [5, 5.41) is 11.9. The molecular weight excluding hydrogens is 674 g/mol. The second kappa shape index (κ2) is 13.1. The number of morpholine rings is 1. The molecule has 0 bridgehead atoms. The molecule has 4 aromatic rings. The molecule has 5 rings (SSSR count). The van der Waals surface area contributed by atoms with Gasteiger partial charge >= 0.3 is 18.3 Å². The molecule has 1 saturated heterocycles. The Morgan fingerprint density at radius 2 is 1.67 bits per heavy atom. The maximum Gasteiger partial charge on any atom is 0.417 e. The quantitative estimate of drug-likeness (QED) is 0.264. The molecule has 1 aliphatic heterocycles. The molecular formula is C31H25F8N5O5. The van der Waals surface area contributed by atoms with Gasteiger partial charge in [0.25, 0.3) is 11.5 Å². The number of carboxylic acids is 1. The number of carboxylic acid groups (broad SMARTS) is 1. The minimum Gasteiger partial charge on any atom is -0.480 e. The highest BCUT2D eigenvalue weighted by Crippen LogP contribution is 2.38. The summed E-state index contributed by atoms with van der Waals surface area (Å²) in [7, 11) is 1.28. The number of alkyl halides is 6. The predicted molar refractivity (Wildman–Crippen MR) is 157 cm³/mol. The number of fused-ring (bicyclic) bond motifs is 1. The number of aliphatic carboxylic acids is 1. The van der Waals surface area contributed by atoms with Gasteiger partial charge in [-0.2, -0.15) is 26.3 Å². The summed E-state index contributed by atoms with van der Waals surface area (Å²) in [6, 6.07) is 0.0241. The molecule has 10 nitrogen and oxygen atoms in total. The van der Waals surface area contributed by atoms with E-state index in [9.17, 15) is 45.8 Å². The molecule has 0 unspecified atom stereocenters. The molecule has 1 fully saturated rings. The Balaban J connectivity index is 1.48. The minimum atomic E-state index is -4.94. The number of amides is 1. The summed E-state index contributed by atoms with van der Waals surface area (Å²) in [5.41, 5.74) is -5.25. The van der Waals surface area contributed by atoms with Crippen LogP contribution in [0.2, 0.25) is 0 Å². The molecule has 1 aliphatic rings. The van der Waals surface area contributed by atoms with Crippen LogP contribution in [0, 0.1) is 18.6 Å². The molecule has 18 heteroatoms. The van der Waals surface area contributed by atoms with Crippen LogP contribution in [0.3, 0.4) is 0 Å². The second-order valence-corrected chi connectivity index (χ2v) is 11.1. The van der Waals surface area contributed by atoms with Crippen molar-refractivity contribution in [2.75, 3.05) is 24.7 Å². The molecule has 0 radical (unpaired) electrons. The third-order valence-corrected chi connectivity index (χ3v) is 8.07. The topological polar surface area (TPSA) is 127 Å². The molecule has 3 heterocycles. The third-order valence-electron chi connectivity index (χ3n) is 8.07. The maximum atomic E-state index is 15.1. The fourth-order valence-corrected chi connectivity index (χ4v) is 5.56. The van der Waals surface area contributed by atoms with E-state index in [-0.39, 0.29) is 41.0 Å². The van der Waals surface area contributed by atoms with Crippen LogP contribution in [0.4, 0.5) is 40.8 Å². The van der Waals surface area contributed by atoms with Gasteiger partial charge in [0, 0.05) is 49.4 Å². The van der Waals surface area contributed by atoms with Crippen molar-refractivity contribution in [2.24, 2.45) is 7.05 Å². The van der Waals surface area contributed by atoms with E-state index in [1.165, 1.54) is 20.0 Å². The number of aromatic nitrogens is 3. The van der Waals surface area contributed by atoms with E-state index in [4.69, 9.17) is 4.74 Å². The van der Waals surface area contributed by atoms with Crippen molar-refractivity contribution in [2.45, 2.75) is 37.8 Å². The van der Waals surface area contributed by atoms with E-state index in [1.807, 2.05) is 5.32 Å². The summed E-state index contributed by atoms with van der Waals surface area (Å²) >= 11 is 0. The van der Waals surface area contributed by atoms with Crippen molar-refractivity contribution in [3.05, 3.63) is 87.1 Å². The van der Waals surface area contributed by atoms with E-state index >= 15 is 8.78 Å². The van der Waals surface area contributed by atoms with E-state index in [1.54, 1.807) is 0 Å². The van der Waals surface area contributed by atoms with Crippen LogP contribution < -0.4 is 15.8 Å². The summed E-state index contributed by atoms with van der Waals surface area (Å²) < 4.78 is 119. The maximum absolute atomic E-state index is 15.1. The third kappa shape index (κ3) is 6.90. The first kappa shape index (κ1) is 35.2. The predicted octanol–water partition coefficient (Wildman–Crippen LogP) is 4.79. The van der Waals surface area contributed by atoms with Crippen LogP contribution in [-0.4, -0.2) is 69.5 Å². The van der Waals surface area contributed by atoms with Crippen molar-refractivity contribution in [1.82, 2.24) is 19.9 Å². The molecule has 2 aromatic carbocycles. The van der Waals surface area contributed by atoms with E-state index in [2.05, 4.69) is 9.97 Å². The van der Waals surface area contributed by atoms with E-state index in [0.29, 0.717) is 17.0 Å². The van der Waals surface area contributed by atoms with Gasteiger partial charge < -0.3 is 24.6 Å². The van der Waals surface area contributed by atoms with Gasteiger partial charge in [-0.25, -0.2) is 13.6 Å². The number of ether oxygens (including phenoxy) is 1. The van der Waals surface area contributed by atoms with Crippen LogP contribution in [0.15, 0.2) is 47.5 Å². The lowest BCUT2D eigenvalue weighted by Gasteiger charge is -2.38. The molecule has 0 aliphatic carbocycles. The number of anilines is 1. The lowest BCUT2D eigenvalue weighted by atomic mass is 9.95. The Morgan fingerprint density at radius 3 is 2.27 bits per heavy atom. The standard InChI is InChI=1S/C31H25F8N5O5/c1-14-9-18(30(34,35)36)23(28(46)43(14)2)17-4-3-15(25-26(17)41-6-5-40-25)10-21(29(47)48)42-27(45)24-19(32)11-16(12-20(24)33)44-7-8-49-13-22(44)31(37,38)39/h3-6,9,11-12,21-22H,7-8,10,13H2,1-2H3,(H,42,45)(H,47,48)/t21-,22+/m0/s1. The van der Waals surface area contributed by atoms with Crippen LogP contribution in [0.25, 0.3) is 22.2 Å². The Morgan fingerprint density at radius 1 is 1.04 bits per heavy atom. The average Bonchev–Trinajstić information content (AvgIpc) is 3.02. The first-order chi connectivity index (χ1) is 22.9. The fourth-order valence-electron chi connectivity index (χ4n) is 5.56. The monoisotopic (exact) mass is 699 g/mol. The Bertz CT molecular complexity index is 1990. The van der Waals surface area contributed by atoms with Gasteiger partial charge in [-0.15, -0.1) is 0 Å². The SMILES string of the molecule is Cc1cc(C(F)(F)F)c(-c2ccc(C[C@H](NC(=O)c3c(F)cc(N4CCOC[C@@H]4C(F)(F)F)cc3F)C(=O)O)c3nccnc23)c(=O)n1C. The van der Waals surface area contributed by atoms with Crippen molar-refractivity contribution in [3.8, 4) is 11.1 Å². The van der Waals surface area contributed by atoms with Gasteiger partial charge in [0.05, 0.1) is 35.4 Å². The first-order valence-corrected chi connectivity index (χ1v) is 14.3. The van der Waals surface area contributed by atoms with Gasteiger partial charge in [0.2, 0.25) is 0 Å². The highest BCUT2D eigenvalue weighted by molar-refractivity contribution is 5.98. The number of carbonyl (C=O) groups is 2. The lowest BCUT2D eigenvalue weighted by molar-refractivity contribution is -0.167. The number of hydrogen-bond acceptors (Lipinski definition) is 7. The van der Waals surface area contributed by atoms with Crippen molar-refractivity contribution < 1.29 is 54.6 Å². The molecule has 0 spiro atoms. The van der Waals surface area contributed by atoms with Gasteiger partial charge in [0.1, 0.15) is 29.3 Å². The molecule has 2 aromatic heterocycles. The number of benzene rings is 2. The van der Waals surface area contributed by atoms with Crippen LogP contribution in [-0.2, 0) is 29.2 Å². The van der Waals surface area contributed by atoms with Gasteiger partial charge in [-0.1, -0.05) is 12.1 Å². The van der Waals surface area contributed by atoms with E-state index < -0.39 is 88.9 Å².